The van der Waals surface area contributed by atoms with E-state index in [1.807, 2.05) is 6.92 Å². The number of rotatable bonds is 6. The predicted molar refractivity (Wildman–Crippen MR) is 70.3 cm³/mol. The van der Waals surface area contributed by atoms with Gasteiger partial charge in [0.2, 0.25) is 0 Å². The van der Waals surface area contributed by atoms with Crippen LogP contribution in [0.1, 0.15) is 13.3 Å². The summed E-state index contributed by atoms with van der Waals surface area (Å²) in [4.78, 5) is 11.1. The highest BCUT2D eigenvalue weighted by molar-refractivity contribution is 8.00. The lowest BCUT2D eigenvalue weighted by molar-refractivity contribution is -0.387. The van der Waals surface area contributed by atoms with Crippen LogP contribution in [-0.2, 0) is 0 Å². The van der Waals surface area contributed by atoms with Gasteiger partial charge in [-0.15, -0.1) is 23.4 Å². The number of alkyl halides is 1. The first-order valence-electron chi connectivity index (χ1n) is 5.13. The molecule has 0 aromatic heterocycles. The van der Waals surface area contributed by atoms with E-state index in [9.17, 15) is 10.1 Å². The molecule has 0 aliphatic carbocycles. The minimum Gasteiger partial charge on any atom is -0.497 e. The van der Waals surface area contributed by atoms with Gasteiger partial charge in [0, 0.05) is 23.3 Å². The highest BCUT2D eigenvalue weighted by atomic mass is 35.5. The van der Waals surface area contributed by atoms with E-state index in [0.29, 0.717) is 16.5 Å². The van der Waals surface area contributed by atoms with Crippen LogP contribution in [0, 0.1) is 10.1 Å². The Morgan fingerprint density at radius 3 is 2.82 bits per heavy atom. The molecule has 0 aliphatic heterocycles. The van der Waals surface area contributed by atoms with Gasteiger partial charge in [-0.25, -0.2) is 0 Å². The van der Waals surface area contributed by atoms with Crippen LogP contribution in [0.5, 0.6) is 5.75 Å². The Morgan fingerprint density at radius 2 is 2.29 bits per heavy atom. The van der Waals surface area contributed by atoms with Gasteiger partial charge in [0.05, 0.1) is 16.9 Å². The number of hydrogen-bond donors (Lipinski definition) is 0. The molecule has 1 rings (SSSR count). The van der Waals surface area contributed by atoms with Crippen molar-refractivity contribution in [1.29, 1.82) is 0 Å². The fourth-order valence-corrected chi connectivity index (χ4v) is 2.87. The molecule has 0 fully saturated rings. The molecule has 0 aliphatic rings. The zero-order chi connectivity index (χ0) is 12.8. The Bertz CT molecular complexity index is 400. The number of thioether (sulfide) groups is 1. The van der Waals surface area contributed by atoms with E-state index in [-0.39, 0.29) is 15.9 Å². The van der Waals surface area contributed by atoms with Crippen LogP contribution in [0.15, 0.2) is 23.1 Å². The van der Waals surface area contributed by atoms with Crippen LogP contribution >= 0.6 is 23.4 Å². The largest absolute Gasteiger partial charge is 0.497 e. The number of methoxy groups -OCH3 is 1. The molecule has 0 heterocycles. The summed E-state index contributed by atoms with van der Waals surface area (Å²) in [5.74, 6) is 1.17. The third-order valence-electron chi connectivity index (χ3n) is 2.21. The second-order valence-corrected chi connectivity index (χ2v) is 5.36. The van der Waals surface area contributed by atoms with Gasteiger partial charge in [-0.2, -0.15) is 0 Å². The second kappa shape index (κ2) is 6.71. The molecule has 0 saturated heterocycles. The van der Waals surface area contributed by atoms with E-state index in [2.05, 4.69) is 0 Å². The maximum Gasteiger partial charge on any atom is 0.283 e. The van der Waals surface area contributed by atoms with Crippen molar-refractivity contribution in [1.82, 2.24) is 0 Å². The first-order chi connectivity index (χ1) is 8.08. The van der Waals surface area contributed by atoms with Crippen LogP contribution in [0.4, 0.5) is 5.69 Å². The van der Waals surface area contributed by atoms with Crippen molar-refractivity contribution in [3.8, 4) is 5.75 Å². The van der Waals surface area contributed by atoms with Gasteiger partial charge in [0.15, 0.2) is 0 Å². The summed E-state index contributed by atoms with van der Waals surface area (Å²) in [6, 6.07) is 4.75. The molecule has 1 unspecified atom stereocenters. The highest BCUT2D eigenvalue weighted by Crippen LogP contribution is 2.35. The number of halogens is 1. The predicted octanol–water partition coefficient (Wildman–Crippen LogP) is 3.71. The Hall–Kier alpha value is -0.940. The molecule has 1 atom stereocenters. The minimum absolute atomic E-state index is 0.109. The summed E-state index contributed by atoms with van der Waals surface area (Å²) in [5, 5.41) is 11.1. The van der Waals surface area contributed by atoms with Gasteiger partial charge >= 0.3 is 0 Å². The number of nitrogens with zero attached hydrogens (tertiary/aromatic N) is 1. The maximum absolute atomic E-state index is 10.9. The Balaban J connectivity index is 2.96. The average Bonchev–Trinajstić information content (AvgIpc) is 2.28. The minimum atomic E-state index is -0.380. The van der Waals surface area contributed by atoms with E-state index in [1.165, 1.54) is 24.9 Å². The molecule has 6 heteroatoms. The summed E-state index contributed by atoms with van der Waals surface area (Å²) < 4.78 is 5.07. The maximum atomic E-state index is 10.9. The van der Waals surface area contributed by atoms with Crippen LogP contribution in [0.2, 0.25) is 0 Å². The number of hydrogen-bond acceptors (Lipinski definition) is 4. The van der Waals surface area contributed by atoms with Crippen LogP contribution < -0.4 is 4.74 Å². The SMILES string of the molecule is COc1ccc([N+](=O)[O-])c(SC(C)CCCl)c1. The molecule has 1 aromatic carbocycles. The first-order valence-corrected chi connectivity index (χ1v) is 6.55. The van der Waals surface area contributed by atoms with Crippen molar-refractivity contribution in [2.24, 2.45) is 0 Å². The zero-order valence-corrected chi connectivity index (χ0v) is 11.3. The molecule has 0 saturated carbocycles. The summed E-state index contributed by atoms with van der Waals surface area (Å²) >= 11 is 7.10. The molecular weight excluding hydrogens is 262 g/mol. The molecule has 4 nitrogen and oxygen atoms in total. The van der Waals surface area contributed by atoms with Crippen molar-refractivity contribution >= 4 is 29.1 Å². The molecule has 17 heavy (non-hydrogen) atoms. The van der Waals surface area contributed by atoms with Gasteiger partial charge < -0.3 is 4.74 Å². The van der Waals surface area contributed by atoms with Gasteiger partial charge in [0.1, 0.15) is 5.75 Å². The molecule has 0 N–H and O–H groups in total. The molecule has 0 amide bonds. The number of benzene rings is 1. The second-order valence-electron chi connectivity index (χ2n) is 3.50. The van der Waals surface area contributed by atoms with Crippen molar-refractivity contribution in [2.75, 3.05) is 13.0 Å². The smallest absolute Gasteiger partial charge is 0.283 e. The molecule has 1 aromatic rings. The van der Waals surface area contributed by atoms with E-state index >= 15 is 0 Å². The van der Waals surface area contributed by atoms with Gasteiger partial charge in [-0.3, -0.25) is 10.1 Å². The first kappa shape index (κ1) is 14.1. The third kappa shape index (κ3) is 4.09. The lowest BCUT2D eigenvalue weighted by atomic mass is 10.3. The summed E-state index contributed by atoms with van der Waals surface area (Å²) in [6.07, 6.45) is 0.806. The van der Waals surface area contributed by atoms with Crippen molar-refractivity contribution in [3.05, 3.63) is 28.3 Å². The molecule has 0 bridgehead atoms. The third-order valence-corrected chi connectivity index (χ3v) is 3.64. The molecule has 0 radical (unpaired) electrons. The topological polar surface area (TPSA) is 52.4 Å². The van der Waals surface area contributed by atoms with Crippen molar-refractivity contribution < 1.29 is 9.66 Å². The summed E-state index contributed by atoms with van der Waals surface area (Å²) in [7, 11) is 1.54. The Morgan fingerprint density at radius 1 is 1.59 bits per heavy atom. The van der Waals surface area contributed by atoms with E-state index < -0.39 is 0 Å². The zero-order valence-electron chi connectivity index (χ0n) is 9.68. The van der Waals surface area contributed by atoms with Crippen LogP contribution in [0.3, 0.4) is 0 Å². The van der Waals surface area contributed by atoms with E-state index in [0.717, 1.165) is 6.42 Å². The van der Waals surface area contributed by atoms with Gasteiger partial charge in [-0.05, 0) is 12.5 Å². The fraction of sp³-hybridized carbons (Fsp3) is 0.455. The van der Waals surface area contributed by atoms with Crippen molar-refractivity contribution in [3.63, 3.8) is 0 Å². The van der Waals surface area contributed by atoms with Crippen molar-refractivity contribution in [2.45, 2.75) is 23.5 Å². The highest BCUT2D eigenvalue weighted by Gasteiger charge is 2.17. The molecule has 94 valence electrons. The number of ether oxygens (including phenoxy) is 1. The molecule has 0 spiro atoms. The summed E-state index contributed by atoms with van der Waals surface area (Å²) in [6.45, 7) is 2.00. The van der Waals surface area contributed by atoms with E-state index in [1.54, 1.807) is 12.1 Å². The lowest BCUT2D eigenvalue weighted by Crippen LogP contribution is -1.99. The number of nitro benzene ring substituents is 1. The normalized spacial score (nSPS) is 12.2. The van der Waals surface area contributed by atoms with Gasteiger partial charge in [-0.1, -0.05) is 6.92 Å². The standard InChI is InChI=1S/C11H14ClNO3S/c1-8(5-6-12)17-11-7-9(16-2)3-4-10(11)13(14)15/h3-4,7-8H,5-6H2,1-2H3. The van der Waals surface area contributed by atoms with Crippen LogP contribution in [0.25, 0.3) is 0 Å². The quantitative estimate of drug-likeness (QED) is 0.344. The fourth-order valence-electron chi connectivity index (χ4n) is 1.30. The molecular formula is C11H14ClNO3S. The van der Waals surface area contributed by atoms with Crippen LogP contribution in [-0.4, -0.2) is 23.2 Å². The summed E-state index contributed by atoms with van der Waals surface area (Å²) in [5.41, 5.74) is 0.109. The average molecular weight is 276 g/mol. The van der Waals surface area contributed by atoms with E-state index in [4.69, 9.17) is 16.3 Å². The van der Waals surface area contributed by atoms with Gasteiger partial charge in [0.25, 0.3) is 5.69 Å². The lowest BCUT2D eigenvalue weighted by Gasteiger charge is -2.10. The Labute approximate surface area is 109 Å². The monoisotopic (exact) mass is 275 g/mol. The number of nitro groups is 1. The Kier molecular flexibility index (Phi) is 5.58.